The van der Waals surface area contributed by atoms with Crippen LogP contribution in [-0.2, 0) is 9.53 Å². The van der Waals surface area contributed by atoms with Crippen molar-refractivity contribution in [2.24, 2.45) is 5.11 Å². The normalized spacial score (nSPS) is 11.5. The smallest absolute Gasteiger partial charge is 0.319 e. The summed E-state index contributed by atoms with van der Waals surface area (Å²) < 4.78 is 19.6. The molecule has 1 unspecified atom stereocenters. The van der Waals surface area contributed by atoms with Crippen LogP contribution < -0.4 is 0 Å². The van der Waals surface area contributed by atoms with E-state index in [4.69, 9.17) is 10.3 Å². The molecule has 0 aromatic heterocycles. The van der Waals surface area contributed by atoms with Crippen molar-refractivity contribution in [3.8, 4) is 0 Å². The molecular weight excluding hydrogens is 413 g/mol. The molecule has 1 aromatic rings. The Morgan fingerprint density at radius 2 is 2.12 bits per heavy atom. The summed E-state index contributed by atoms with van der Waals surface area (Å²) in [6.45, 7) is 4.31. The van der Waals surface area contributed by atoms with Crippen LogP contribution in [0.4, 0.5) is 4.39 Å². The first-order valence-corrected chi connectivity index (χ1v) is 9.53. The van der Waals surface area contributed by atoms with Crippen molar-refractivity contribution in [3.05, 3.63) is 38.4 Å². The topological polar surface area (TPSA) is 92.1 Å². The highest BCUT2D eigenvalue weighted by molar-refractivity contribution is 9.10. The van der Waals surface area contributed by atoms with Gasteiger partial charge in [0.2, 0.25) is 0 Å². The van der Waals surface area contributed by atoms with E-state index < -0.39 is 17.0 Å². The minimum atomic E-state index is -1.01. The van der Waals surface area contributed by atoms with Crippen LogP contribution in [0.25, 0.3) is 10.4 Å². The fraction of sp³-hybridized carbons (Fsp3) is 0.500. The van der Waals surface area contributed by atoms with E-state index in [0.717, 1.165) is 25.3 Å². The summed E-state index contributed by atoms with van der Waals surface area (Å²) in [6.07, 6.45) is 3.07. The van der Waals surface area contributed by atoms with Crippen molar-refractivity contribution >= 4 is 39.6 Å². The van der Waals surface area contributed by atoms with Gasteiger partial charge in [0.05, 0.1) is 12.2 Å². The molecule has 6 nitrogen and oxygen atoms in total. The number of hydrogen-bond acceptors (Lipinski definition) is 4. The highest BCUT2D eigenvalue weighted by Gasteiger charge is 2.23. The number of esters is 1. The van der Waals surface area contributed by atoms with Gasteiger partial charge in [0.25, 0.3) is 5.91 Å². The van der Waals surface area contributed by atoms with Crippen LogP contribution in [0.15, 0.2) is 26.6 Å². The molecule has 0 bridgehead atoms. The zero-order valence-corrected chi connectivity index (χ0v) is 16.4. The van der Waals surface area contributed by atoms with Crippen LogP contribution in [0.3, 0.4) is 0 Å². The molecule has 25 heavy (non-hydrogen) atoms. The maximum absolute atomic E-state index is 13.9. The van der Waals surface area contributed by atoms with E-state index >= 15 is 0 Å². The fourth-order valence-electron chi connectivity index (χ4n) is 1.93. The fourth-order valence-corrected chi connectivity index (χ4v) is 3.71. The van der Waals surface area contributed by atoms with E-state index in [1.54, 1.807) is 0 Å². The number of ether oxygens (including phenoxy) is 1. The van der Waals surface area contributed by atoms with Crippen molar-refractivity contribution in [3.63, 3.8) is 0 Å². The van der Waals surface area contributed by atoms with Crippen LogP contribution in [0, 0.1) is 5.82 Å². The monoisotopic (exact) mass is 431 g/mol. The predicted molar refractivity (Wildman–Crippen MR) is 98.0 cm³/mol. The number of carbonyl (C=O) groups excluding carboxylic acids is 2. The summed E-state index contributed by atoms with van der Waals surface area (Å²) in [7, 11) is 0. The Hall–Kier alpha value is -1.57. The molecule has 0 fully saturated rings. The molecule has 0 aliphatic rings. The first-order chi connectivity index (χ1) is 11.9. The summed E-state index contributed by atoms with van der Waals surface area (Å²) in [5.74, 6) is -2.14. The van der Waals surface area contributed by atoms with E-state index in [0.29, 0.717) is 22.4 Å². The third-order valence-electron chi connectivity index (χ3n) is 3.21. The van der Waals surface area contributed by atoms with Crippen LogP contribution in [-0.4, -0.2) is 23.7 Å². The number of hydrogen-bond donors (Lipinski definition) is 0. The molecule has 1 aromatic carbocycles. The lowest BCUT2D eigenvalue weighted by Gasteiger charge is -2.16. The highest BCUT2D eigenvalue weighted by atomic mass is 79.9. The van der Waals surface area contributed by atoms with Crippen LogP contribution in [0.2, 0.25) is 0 Å². The molecule has 0 N–H and O–H groups in total. The zero-order valence-electron chi connectivity index (χ0n) is 14.0. The molecule has 9 heteroatoms. The average Bonchev–Trinajstić information content (AvgIpc) is 2.56. The standard InChI is InChI=1S/C16H19BrFN3O3S/c1-3-5-7-24-16(23)13(6-4-2)25-14-8-10(15(22)20-21-19)12(18)9-11(14)17/h8-9,13H,3-7H2,1-2H3. The highest BCUT2D eigenvalue weighted by Crippen LogP contribution is 2.35. The molecule has 1 amide bonds. The van der Waals surface area contributed by atoms with Gasteiger partial charge in [0.1, 0.15) is 11.1 Å². The predicted octanol–water partition coefficient (Wildman–Crippen LogP) is 5.64. The maximum atomic E-state index is 13.9. The van der Waals surface area contributed by atoms with Gasteiger partial charge in [-0.1, -0.05) is 26.7 Å². The summed E-state index contributed by atoms with van der Waals surface area (Å²) in [4.78, 5) is 26.8. The van der Waals surface area contributed by atoms with Crippen LogP contribution in [0.5, 0.6) is 0 Å². The minimum absolute atomic E-state index is 0.334. The number of unbranched alkanes of at least 4 members (excludes halogenated alkanes) is 1. The molecule has 136 valence electrons. The number of carbonyl (C=O) groups is 2. The second-order valence-electron chi connectivity index (χ2n) is 5.17. The number of nitrogens with zero attached hydrogens (tertiary/aromatic N) is 3. The molecule has 0 spiro atoms. The van der Waals surface area contributed by atoms with E-state index in [1.165, 1.54) is 17.8 Å². The number of thioether (sulfide) groups is 1. The van der Waals surface area contributed by atoms with Crippen molar-refractivity contribution in [1.29, 1.82) is 0 Å². The molecule has 1 atom stereocenters. The zero-order chi connectivity index (χ0) is 18.8. The summed E-state index contributed by atoms with van der Waals surface area (Å²) in [5.41, 5.74) is 8.01. The maximum Gasteiger partial charge on any atom is 0.319 e. The average molecular weight is 432 g/mol. The van der Waals surface area contributed by atoms with Gasteiger partial charge in [-0.3, -0.25) is 9.59 Å². The Morgan fingerprint density at radius 1 is 1.40 bits per heavy atom. The van der Waals surface area contributed by atoms with Crippen LogP contribution in [0.1, 0.15) is 49.9 Å². The van der Waals surface area contributed by atoms with Crippen molar-refractivity contribution in [1.82, 2.24) is 0 Å². The first kappa shape index (κ1) is 21.5. The molecule has 0 radical (unpaired) electrons. The largest absolute Gasteiger partial charge is 0.465 e. The molecule has 0 aliphatic carbocycles. The first-order valence-electron chi connectivity index (χ1n) is 7.86. The lowest BCUT2D eigenvalue weighted by molar-refractivity contribution is -0.143. The Bertz CT molecular complexity index is 681. The third kappa shape index (κ3) is 6.68. The SMILES string of the molecule is CCCCOC(=O)C(CCC)Sc1cc(C(=O)N=[N+]=[N-])c(F)cc1Br. The number of azide groups is 1. The molecule has 0 saturated carbocycles. The quantitative estimate of drug-likeness (QED) is 0.126. The Balaban J connectivity index is 3.03. The minimum Gasteiger partial charge on any atom is -0.465 e. The van der Waals surface area contributed by atoms with Gasteiger partial charge in [0, 0.05) is 14.3 Å². The van der Waals surface area contributed by atoms with Crippen molar-refractivity contribution < 1.29 is 18.7 Å². The van der Waals surface area contributed by atoms with E-state index in [-0.39, 0.29) is 11.5 Å². The lowest BCUT2D eigenvalue weighted by Crippen LogP contribution is -2.21. The van der Waals surface area contributed by atoms with E-state index in [2.05, 4.69) is 26.0 Å². The van der Waals surface area contributed by atoms with E-state index in [1.807, 2.05) is 13.8 Å². The Morgan fingerprint density at radius 3 is 2.72 bits per heavy atom. The molecule has 1 rings (SSSR count). The lowest BCUT2D eigenvalue weighted by atomic mass is 10.2. The molecule has 0 saturated heterocycles. The number of amides is 1. The van der Waals surface area contributed by atoms with Gasteiger partial charge >= 0.3 is 5.97 Å². The van der Waals surface area contributed by atoms with Gasteiger partial charge < -0.3 is 4.74 Å². The summed E-state index contributed by atoms with van der Waals surface area (Å²) >= 11 is 4.42. The number of halogens is 2. The Labute approximate surface area is 158 Å². The van der Waals surface area contributed by atoms with Crippen molar-refractivity contribution in [2.75, 3.05) is 6.61 Å². The van der Waals surface area contributed by atoms with Crippen molar-refractivity contribution in [2.45, 2.75) is 49.7 Å². The number of rotatable bonds is 9. The van der Waals surface area contributed by atoms with Crippen LogP contribution >= 0.6 is 27.7 Å². The van der Waals surface area contributed by atoms with Gasteiger partial charge in [-0.2, -0.15) is 0 Å². The molecule has 0 heterocycles. The molecule has 0 aliphatic heterocycles. The second-order valence-corrected chi connectivity index (χ2v) is 7.27. The summed E-state index contributed by atoms with van der Waals surface area (Å²) in [5, 5.41) is 2.45. The van der Waals surface area contributed by atoms with E-state index in [9.17, 15) is 14.0 Å². The van der Waals surface area contributed by atoms with Gasteiger partial charge in [-0.15, -0.1) is 11.8 Å². The summed E-state index contributed by atoms with van der Waals surface area (Å²) in [6, 6.07) is 2.40. The van der Waals surface area contributed by atoms with Gasteiger partial charge in [0.15, 0.2) is 0 Å². The van der Waals surface area contributed by atoms with Gasteiger partial charge in [-0.05, 0) is 51.5 Å². The Kier molecular flexibility index (Phi) is 9.55. The number of benzene rings is 1. The third-order valence-corrected chi connectivity index (χ3v) is 5.44. The molecular formula is C16H19BrFN3O3S. The second kappa shape index (κ2) is 11.1. The van der Waals surface area contributed by atoms with Gasteiger partial charge in [-0.25, -0.2) is 4.39 Å².